The summed E-state index contributed by atoms with van der Waals surface area (Å²) in [4.78, 5) is 0. The number of halogens is 1. The maximum atomic E-state index is 13.1. The monoisotopic (exact) mass is 199 g/mol. The van der Waals surface area contributed by atoms with E-state index in [0.717, 1.165) is 0 Å². The molecule has 1 unspecified atom stereocenters. The fourth-order valence-electron chi connectivity index (χ4n) is 1.30. The van der Waals surface area contributed by atoms with E-state index in [0.29, 0.717) is 17.1 Å². The molecule has 1 atom stereocenters. The highest BCUT2D eigenvalue weighted by Gasteiger charge is 2.14. The number of methoxy groups -OCH3 is 2. The molecule has 0 saturated heterocycles. The van der Waals surface area contributed by atoms with Crippen LogP contribution in [0.5, 0.6) is 11.5 Å². The highest BCUT2D eigenvalue weighted by molar-refractivity contribution is 5.48. The molecule has 0 heterocycles. The minimum absolute atomic E-state index is 0.297. The van der Waals surface area contributed by atoms with E-state index in [1.54, 1.807) is 6.92 Å². The van der Waals surface area contributed by atoms with Gasteiger partial charge >= 0.3 is 0 Å². The van der Waals surface area contributed by atoms with Gasteiger partial charge in [0.05, 0.1) is 14.2 Å². The predicted octanol–water partition coefficient (Wildman–Crippen LogP) is 1.86. The van der Waals surface area contributed by atoms with E-state index in [1.165, 1.54) is 26.4 Å². The largest absolute Gasteiger partial charge is 0.493 e. The van der Waals surface area contributed by atoms with Crippen molar-refractivity contribution in [3.8, 4) is 11.5 Å². The lowest BCUT2D eigenvalue weighted by Crippen LogP contribution is -2.08. The van der Waals surface area contributed by atoms with E-state index >= 15 is 0 Å². The van der Waals surface area contributed by atoms with Crippen LogP contribution in [-0.2, 0) is 0 Å². The molecular formula is C10H14FNO2. The van der Waals surface area contributed by atoms with Gasteiger partial charge < -0.3 is 15.2 Å². The number of rotatable bonds is 3. The third kappa shape index (κ3) is 1.96. The van der Waals surface area contributed by atoms with Crippen LogP contribution in [0.15, 0.2) is 12.1 Å². The average molecular weight is 199 g/mol. The predicted molar refractivity (Wildman–Crippen MR) is 52.1 cm³/mol. The fraction of sp³-hybridized carbons (Fsp3) is 0.400. The van der Waals surface area contributed by atoms with Crippen molar-refractivity contribution in [2.75, 3.05) is 14.2 Å². The van der Waals surface area contributed by atoms with E-state index in [1.807, 2.05) is 0 Å². The first kappa shape index (κ1) is 10.8. The molecule has 0 spiro atoms. The third-order valence-corrected chi connectivity index (χ3v) is 1.96. The Hall–Kier alpha value is -1.29. The molecule has 0 aliphatic rings. The van der Waals surface area contributed by atoms with Crippen LogP contribution in [0, 0.1) is 5.82 Å². The van der Waals surface area contributed by atoms with Gasteiger partial charge in [-0.15, -0.1) is 0 Å². The molecule has 1 aromatic carbocycles. The van der Waals surface area contributed by atoms with Crippen molar-refractivity contribution in [3.05, 3.63) is 23.5 Å². The Morgan fingerprint density at radius 1 is 1.29 bits per heavy atom. The van der Waals surface area contributed by atoms with Crippen molar-refractivity contribution in [3.63, 3.8) is 0 Å². The van der Waals surface area contributed by atoms with Crippen molar-refractivity contribution in [2.24, 2.45) is 5.73 Å². The molecule has 0 bridgehead atoms. The number of benzene rings is 1. The SMILES string of the molecule is COc1cc(F)cc(C(C)N)c1OC. The van der Waals surface area contributed by atoms with Gasteiger partial charge in [0.2, 0.25) is 0 Å². The maximum absolute atomic E-state index is 13.1. The lowest BCUT2D eigenvalue weighted by Gasteiger charge is -2.15. The summed E-state index contributed by atoms with van der Waals surface area (Å²) in [6.45, 7) is 1.76. The van der Waals surface area contributed by atoms with Gasteiger partial charge in [0.1, 0.15) is 5.82 Å². The first-order chi connectivity index (χ1) is 6.60. The quantitative estimate of drug-likeness (QED) is 0.808. The number of hydrogen-bond donors (Lipinski definition) is 1. The van der Waals surface area contributed by atoms with Gasteiger partial charge in [0.25, 0.3) is 0 Å². The first-order valence-corrected chi connectivity index (χ1v) is 4.27. The Kier molecular flexibility index (Phi) is 3.30. The molecule has 3 nitrogen and oxygen atoms in total. The number of hydrogen-bond acceptors (Lipinski definition) is 3. The summed E-state index contributed by atoms with van der Waals surface area (Å²) >= 11 is 0. The van der Waals surface area contributed by atoms with Crippen LogP contribution in [0.4, 0.5) is 4.39 Å². The zero-order valence-electron chi connectivity index (χ0n) is 8.50. The van der Waals surface area contributed by atoms with Gasteiger partial charge in [-0.2, -0.15) is 0 Å². The second-order valence-corrected chi connectivity index (χ2v) is 3.02. The normalized spacial score (nSPS) is 12.4. The summed E-state index contributed by atoms with van der Waals surface area (Å²) in [5.41, 5.74) is 6.28. The highest BCUT2D eigenvalue weighted by Crippen LogP contribution is 2.34. The second kappa shape index (κ2) is 4.28. The number of nitrogens with two attached hydrogens (primary N) is 1. The molecular weight excluding hydrogens is 185 g/mol. The van der Waals surface area contributed by atoms with Gasteiger partial charge in [-0.25, -0.2) is 4.39 Å². The van der Waals surface area contributed by atoms with Crippen molar-refractivity contribution in [2.45, 2.75) is 13.0 Å². The van der Waals surface area contributed by atoms with E-state index in [9.17, 15) is 4.39 Å². The Bertz CT molecular complexity index is 326. The Balaban J connectivity index is 3.31. The molecule has 0 radical (unpaired) electrons. The van der Waals surface area contributed by atoms with E-state index in [-0.39, 0.29) is 11.9 Å². The van der Waals surface area contributed by atoms with Crippen LogP contribution >= 0.6 is 0 Å². The minimum Gasteiger partial charge on any atom is -0.493 e. The summed E-state index contributed by atoms with van der Waals surface area (Å²) in [5.74, 6) is 0.471. The molecule has 0 aromatic heterocycles. The van der Waals surface area contributed by atoms with Crippen molar-refractivity contribution in [1.82, 2.24) is 0 Å². The zero-order valence-corrected chi connectivity index (χ0v) is 8.50. The van der Waals surface area contributed by atoms with Gasteiger partial charge in [0.15, 0.2) is 11.5 Å². The molecule has 4 heteroatoms. The fourth-order valence-corrected chi connectivity index (χ4v) is 1.30. The lowest BCUT2D eigenvalue weighted by atomic mass is 10.1. The summed E-state index contributed by atoms with van der Waals surface area (Å²) in [7, 11) is 2.96. The molecule has 0 amide bonds. The van der Waals surface area contributed by atoms with Gasteiger partial charge in [-0.1, -0.05) is 0 Å². The molecule has 78 valence electrons. The van der Waals surface area contributed by atoms with Crippen molar-refractivity contribution >= 4 is 0 Å². The topological polar surface area (TPSA) is 44.5 Å². The maximum Gasteiger partial charge on any atom is 0.165 e. The Morgan fingerprint density at radius 3 is 2.36 bits per heavy atom. The van der Waals surface area contributed by atoms with Crippen molar-refractivity contribution < 1.29 is 13.9 Å². The van der Waals surface area contributed by atoms with Crippen LogP contribution in [0.3, 0.4) is 0 Å². The molecule has 14 heavy (non-hydrogen) atoms. The molecule has 0 aliphatic carbocycles. The van der Waals surface area contributed by atoms with Crippen LogP contribution in [0.25, 0.3) is 0 Å². The van der Waals surface area contributed by atoms with Crippen LogP contribution < -0.4 is 15.2 Å². The third-order valence-electron chi connectivity index (χ3n) is 1.96. The molecule has 2 N–H and O–H groups in total. The summed E-state index contributed by atoms with van der Waals surface area (Å²) in [5, 5.41) is 0. The first-order valence-electron chi connectivity index (χ1n) is 4.27. The minimum atomic E-state index is -0.380. The van der Waals surface area contributed by atoms with Crippen LogP contribution in [-0.4, -0.2) is 14.2 Å². The lowest BCUT2D eigenvalue weighted by molar-refractivity contribution is 0.347. The van der Waals surface area contributed by atoms with Crippen molar-refractivity contribution in [1.29, 1.82) is 0 Å². The molecule has 1 aromatic rings. The van der Waals surface area contributed by atoms with Crippen LogP contribution in [0.2, 0.25) is 0 Å². The zero-order chi connectivity index (χ0) is 10.7. The average Bonchev–Trinajstić information content (AvgIpc) is 2.16. The molecule has 0 saturated carbocycles. The number of ether oxygens (including phenoxy) is 2. The standard InChI is InChI=1S/C10H14FNO2/c1-6(12)8-4-7(11)5-9(13-2)10(8)14-3/h4-6H,12H2,1-3H3. The van der Waals surface area contributed by atoms with Gasteiger partial charge in [-0.3, -0.25) is 0 Å². The molecule has 0 aliphatic heterocycles. The summed E-state index contributed by atoms with van der Waals surface area (Å²) in [6, 6.07) is 2.33. The molecule has 1 rings (SSSR count). The summed E-state index contributed by atoms with van der Waals surface area (Å²) in [6.07, 6.45) is 0. The van der Waals surface area contributed by atoms with E-state index < -0.39 is 0 Å². The second-order valence-electron chi connectivity index (χ2n) is 3.02. The van der Waals surface area contributed by atoms with Gasteiger partial charge in [0, 0.05) is 17.7 Å². The van der Waals surface area contributed by atoms with Crippen LogP contribution in [0.1, 0.15) is 18.5 Å². The van der Waals surface area contributed by atoms with E-state index in [2.05, 4.69) is 0 Å². The van der Waals surface area contributed by atoms with Gasteiger partial charge in [-0.05, 0) is 13.0 Å². The summed E-state index contributed by atoms with van der Waals surface area (Å²) < 4.78 is 23.2. The highest BCUT2D eigenvalue weighted by atomic mass is 19.1. The Labute approximate surface area is 82.6 Å². The smallest absolute Gasteiger partial charge is 0.165 e. The molecule has 0 fully saturated rings. The Morgan fingerprint density at radius 2 is 1.93 bits per heavy atom. The van der Waals surface area contributed by atoms with E-state index in [4.69, 9.17) is 15.2 Å².